The zero-order valence-corrected chi connectivity index (χ0v) is 8.60. The highest BCUT2D eigenvalue weighted by molar-refractivity contribution is 5.68. The molecule has 0 bridgehead atoms. The molecule has 1 aromatic heterocycles. The molecule has 1 radical (unpaired) electrons. The maximum Gasteiger partial charge on any atom is 0.0998 e. The first kappa shape index (κ1) is 9.95. The number of rotatable bonds is 1. The van der Waals surface area contributed by atoms with Gasteiger partial charge < -0.3 is 0 Å². The predicted molar refractivity (Wildman–Crippen MR) is 56.9 cm³/mol. The molecule has 4 nitrogen and oxygen atoms in total. The van der Waals surface area contributed by atoms with Crippen molar-refractivity contribution in [2.45, 2.75) is 0 Å². The van der Waals surface area contributed by atoms with E-state index in [9.17, 15) is 0 Å². The summed E-state index contributed by atoms with van der Waals surface area (Å²) in [5.74, 6) is 0. The molecule has 0 unspecified atom stereocenters. The Bertz CT molecular complexity index is 611. The maximum absolute atomic E-state index is 8.97. The van der Waals surface area contributed by atoms with Crippen LogP contribution in [0.2, 0.25) is 0 Å². The lowest BCUT2D eigenvalue weighted by Crippen LogP contribution is -1.91. The smallest absolute Gasteiger partial charge is 0.0998 e. The molecule has 1 heterocycles. The van der Waals surface area contributed by atoms with Gasteiger partial charge in [-0.25, -0.2) is 0 Å². The summed E-state index contributed by atoms with van der Waals surface area (Å²) in [6, 6.07) is 10.7. The van der Waals surface area contributed by atoms with E-state index in [0.717, 1.165) is 0 Å². The van der Waals surface area contributed by atoms with Crippen molar-refractivity contribution < 1.29 is 0 Å². The average molecular weight is 207 g/mol. The van der Waals surface area contributed by atoms with Gasteiger partial charge in [-0.2, -0.15) is 15.6 Å². The molecule has 0 N–H and O–H groups in total. The Hall–Kier alpha value is -2.59. The Morgan fingerprint density at radius 3 is 2.69 bits per heavy atom. The van der Waals surface area contributed by atoms with Crippen molar-refractivity contribution in [1.29, 1.82) is 10.5 Å². The van der Waals surface area contributed by atoms with Crippen LogP contribution in [0.25, 0.3) is 11.3 Å². The van der Waals surface area contributed by atoms with Gasteiger partial charge in [-0.15, -0.1) is 0 Å². The number of nitrogens with zero attached hydrogens (tertiary/aromatic N) is 4. The summed E-state index contributed by atoms with van der Waals surface area (Å²) < 4.78 is 1.54. The lowest BCUT2D eigenvalue weighted by Gasteiger charge is -2.00. The van der Waals surface area contributed by atoms with Crippen molar-refractivity contribution in [2.75, 3.05) is 0 Å². The van der Waals surface area contributed by atoms with E-state index in [1.807, 2.05) is 6.07 Å². The average Bonchev–Trinajstić information content (AvgIpc) is 2.75. The normalized spacial score (nSPS) is 9.44. The molecule has 0 aliphatic rings. The molecular formula is C12H7N4. The molecular weight excluding hydrogens is 200 g/mol. The number of aryl methyl sites for hydroxylation is 1. The van der Waals surface area contributed by atoms with E-state index < -0.39 is 0 Å². The third-order valence-electron chi connectivity index (χ3n) is 2.19. The second kappa shape index (κ2) is 3.88. The molecule has 0 spiro atoms. The lowest BCUT2D eigenvalue weighted by molar-refractivity contribution is 0.764. The molecule has 0 amide bonds. The van der Waals surface area contributed by atoms with Gasteiger partial charge in [0.1, 0.15) is 0 Å². The fraction of sp³-hybridized carbons (Fsp3) is 0.0833. The van der Waals surface area contributed by atoms with Crippen LogP contribution in [-0.4, -0.2) is 9.78 Å². The van der Waals surface area contributed by atoms with Crippen LogP contribution in [0, 0.1) is 28.9 Å². The Balaban J connectivity index is 2.63. The molecule has 0 atom stereocenters. The molecule has 0 saturated carbocycles. The number of nitriles is 2. The minimum Gasteiger partial charge on any atom is -0.266 e. The minimum atomic E-state index is 0.506. The van der Waals surface area contributed by atoms with Crippen LogP contribution in [0.4, 0.5) is 0 Å². The van der Waals surface area contributed by atoms with Crippen LogP contribution in [0.5, 0.6) is 0 Å². The fourth-order valence-electron chi connectivity index (χ4n) is 1.43. The van der Waals surface area contributed by atoms with Gasteiger partial charge in [0, 0.05) is 12.6 Å². The van der Waals surface area contributed by atoms with Gasteiger partial charge in [-0.1, -0.05) is 0 Å². The van der Waals surface area contributed by atoms with Crippen LogP contribution in [0.1, 0.15) is 11.1 Å². The van der Waals surface area contributed by atoms with Gasteiger partial charge in [0.2, 0.25) is 0 Å². The highest BCUT2D eigenvalue weighted by Crippen LogP contribution is 2.22. The summed E-state index contributed by atoms with van der Waals surface area (Å²) in [6.45, 7) is 0. The molecule has 1 aromatic carbocycles. The standard InChI is InChI=1S/C12H7N4/c1-16-5-4-12(15-16)11-6-9(7-13)2-3-10(11)8-14/h2-4,6H,1H3. The van der Waals surface area contributed by atoms with Gasteiger partial charge in [-0.05, 0) is 24.3 Å². The molecule has 0 saturated heterocycles. The summed E-state index contributed by atoms with van der Waals surface area (Å²) in [6.07, 6.45) is 2.87. The molecule has 2 rings (SSSR count). The first-order valence-electron chi connectivity index (χ1n) is 4.61. The summed E-state index contributed by atoms with van der Waals surface area (Å²) >= 11 is 0. The minimum absolute atomic E-state index is 0.506. The quantitative estimate of drug-likeness (QED) is 0.713. The van der Waals surface area contributed by atoms with Crippen LogP contribution < -0.4 is 0 Å². The third-order valence-corrected chi connectivity index (χ3v) is 2.19. The van der Waals surface area contributed by atoms with E-state index in [2.05, 4.69) is 17.4 Å². The summed E-state index contributed by atoms with van der Waals surface area (Å²) in [5.41, 5.74) is 2.33. The van der Waals surface area contributed by atoms with E-state index in [1.165, 1.54) is 4.68 Å². The molecule has 16 heavy (non-hydrogen) atoms. The van der Waals surface area contributed by atoms with E-state index in [1.54, 1.807) is 31.3 Å². The first-order valence-corrected chi connectivity index (χ1v) is 4.61. The Labute approximate surface area is 93.0 Å². The van der Waals surface area contributed by atoms with Crippen LogP contribution in [-0.2, 0) is 7.05 Å². The summed E-state index contributed by atoms with van der Waals surface area (Å²) in [5, 5.41) is 21.9. The Morgan fingerprint density at radius 2 is 2.12 bits per heavy atom. The largest absolute Gasteiger partial charge is 0.266 e. The van der Waals surface area contributed by atoms with Gasteiger partial charge >= 0.3 is 0 Å². The van der Waals surface area contributed by atoms with Crippen molar-refractivity contribution in [3.63, 3.8) is 0 Å². The predicted octanol–water partition coefficient (Wildman–Crippen LogP) is 1.63. The van der Waals surface area contributed by atoms with Gasteiger partial charge in [0.15, 0.2) is 0 Å². The summed E-state index contributed by atoms with van der Waals surface area (Å²) in [7, 11) is 1.75. The second-order valence-corrected chi connectivity index (χ2v) is 3.27. The van der Waals surface area contributed by atoms with Gasteiger partial charge in [-0.3, -0.25) is 4.68 Å². The van der Waals surface area contributed by atoms with Crippen LogP contribution in [0.15, 0.2) is 24.3 Å². The monoisotopic (exact) mass is 207 g/mol. The van der Waals surface area contributed by atoms with Gasteiger partial charge in [0.05, 0.1) is 35.2 Å². The Morgan fingerprint density at radius 1 is 1.31 bits per heavy atom. The van der Waals surface area contributed by atoms with Crippen LogP contribution in [0.3, 0.4) is 0 Å². The highest BCUT2D eigenvalue weighted by atomic mass is 15.2. The second-order valence-electron chi connectivity index (χ2n) is 3.27. The van der Waals surface area contributed by atoms with E-state index in [-0.39, 0.29) is 0 Å². The van der Waals surface area contributed by atoms with Crippen LogP contribution >= 0.6 is 0 Å². The van der Waals surface area contributed by atoms with Crippen molar-refractivity contribution in [3.8, 4) is 23.4 Å². The maximum atomic E-state index is 8.97. The van der Waals surface area contributed by atoms with E-state index >= 15 is 0 Å². The van der Waals surface area contributed by atoms with Crippen molar-refractivity contribution in [3.05, 3.63) is 41.6 Å². The molecule has 2 aromatic rings. The third kappa shape index (κ3) is 1.65. The lowest BCUT2D eigenvalue weighted by atomic mass is 10.0. The van der Waals surface area contributed by atoms with E-state index in [0.29, 0.717) is 22.4 Å². The summed E-state index contributed by atoms with van der Waals surface area (Å²) in [4.78, 5) is 0. The zero-order valence-electron chi connectivity index (χ0n) is 8.60. The van der Waals surface area contributed by atoms with E-state index in [4.69, 9.17) is 10.5 Å². The molecule has 4 heteroatoms. The number of benzene rings is 1. The van der Waals surface area contributed by atoms with Gasteiger partial charge in [0.25, 0.3) is 0 Å². The number of hydrogen-bond acceptors (Lipinski definition) is 3. The number of hydrogen-bond donors (Lipinski definition) is 0. The SMILES string of the molecule is Cn1[c]cc(-c2cc(C#N)ccc2C#N)n1. The van der Waals surface area contributed by atoms with Crippen molar-refractivity contribution in [1.82, 2.24) is 9.78 Å². The zero-order chi connectivity index (χ0) is 11.5. The topological polar surface area (TPSA) is 65.4 Å². The molecule has 0 aliphatic heterocycles. The van der Waals surface area contributed by atoms with Crippen molar-refractivity contribution in [2.24, 2.45) is 7.05 Å². The van der Waals surface area contributed by atoms with Crippen molar-refractivity contribution >= 4 is 0 Å². The first-order chi connectivity index (χ1) is 7.74. The molecule has 75 valence electrons. The fourth-order valence-corrected chi connectivity index (χ4v) is 1.43. The molecule has 0 aliphatic carbocycles. The highest BCUT2D eigenvalue weighted by Gasteiger charge is 2.08. The Kier molecular flexibility index (Phi) is 2.41. The molecule has 0 fully saturated rings. The number of aromatic nitrogens is 2.